The Labute approximate surface area is 90.4 Å². The molecule has 0 aromatic heterocycles. The fourth-order valence-corrected chi connectivity index (χ4v) is 1.25. The second kappa shape index (κ2) is 4.66. The van der Waals surface area contributed by atoms with Gasteiger partial charge in [0.2, 0.25) is 0 Å². The molecule has 0 aliphatic heterocycles. The maximum Gasteiger partial charge on any atom is 0.416 e. The molecule has 1 nitrogen and oxygen atoms in total. The van der Waals surface area contributed by atoms with Crippen LogP contribution in [-0.4, -0.2) is 11.6 Å². The molecule has 0 saturated carbocycles. The molecule has 0 amide bonds. The number of rotatable bonds is 3. The van der Waals surface area contributed by atoms with Gasteiger partial charge in [-0.05, 0) is 11.6 Å². The smallest absolute Gasteiger partial charge is 0.308 e. The van der Waals surface area contributed by atoms with Gasteiger partial charge in [-0.15, -0.1) is 11.6 Å². The van der Waals surface area contributed by atoms with Crippen molar-refractivity contribution in [1.82, 2.24) is 0 Å². The summed E-state index contributed by atoms with van der Waals surface area (Å²) < 4.78 is 36.9. The van der Waals surface area contributed by atoms with Gasteiger partial charge in [0.1, 0.15) is 0 Å². The lowest BCUT2D eigenvalue weighted by Crippen LogP contribution is -2.07. The Morgan fingerprint density at radius 1 is 1.33 bits per heavy atom. The predicted molar refractivity (Wildman–Crippen MR) is 53.6 cm³/mol. The first kappa shape index (κ1) is 12.0. The lowest BCUT2D eigenvalue weighted by molar-refractivity contribution is -0.137. The van der Waals surface area contributed by atoms with E-state index < -0.39 is 11.7 Å². The normalized spacial score (nSPS) is 11.5. The van der Waals surface area contributed by atoms with Crippen molar-refractivity contribution in [3.8, 4) is 0 Å². The van der Waals surface area contributed by atoms with Gasteiger partial charge in [-0.1, -0.05) is 18.2 Å². The SMILES string of the molecule is N=C(CCl)Cc1cccc(C(F)(F)F)c1. The van der Waals surface area contributed by atoms with Crippen LogP contribution in [0.5, 0.6) is 0 Å². The minimum atomic E-state index is -4.33. The monoisotopic (exact) mass is 235 g/mol. The van der Waals surface area contributed by atoms with Gasteiger partial charge < -0.3 is 5.41 Å². The van der Waals surface area contributed by atoms with Gasteiger partial charge in [0.25, 0.3) is 0 Å². The van der Waals surface area contributed by atoms with Crippen molar-refractivity contribution in [2.75, 3.05) is 5.88 Å². The van der Waals surface area contributed by atoms with Gasteiger partial charge in [0, 0.05) is 12.1 Å². The molecule has 0 aliphatic rings. The van der Waals surface area contributed by atoms with Gasteiger partial charge in [-0.25, -0.2) is 0 Å². The van der Waals surface area contributed by atoms with Gasteiger partial charge in [0.15, 0.2) is 0 Å². The molecular weight excluding hydrogens is 227 g/mol. The predicted octanol–water partition coefficient (Wildman–Crippen LogP) is 3.51. The van der Waals surface area contributed by atoms with Crippen LogP contribution < -0.4 is 0 Å². The first-order chi connectivity index (χ1) is 6.93. The molecule has 0 atom stereocenters. The summed E-state index contributed by atoms with van der Waals surface area (Å²) in [6, 6.07) is 4.94. The van der Waals surface area contributed by atoms with E-state index in [1.165, 1.54) is 6.07 Å². The molecule has 82 valence electrons. The van der Waals surface area contributed by atoms with Crippen molar-refractivity contribution in [1.29, 1.82) is 5.41 Å². The number of nitrogens with one attached hydrogen (secondary N) is 1. The molecular formula is C10H9ClF3N. The first-order valence-corrected chi connectivity index (χ1v) is 4.75. The lowest BCUT2D eigenvalue weighted by Gasteiger charge is -2.08. The van der Waals surface area contributed by atoms with E-state index in [0.717, 1.165) is 12.1 Å². The van der Waals surface area contributed by atoms with E-state index in [9.17, 15) is 13.2 Å². The third-order valence-corrected chi connectivity index (χ3v) is 2.16. The van der Waals surface area contributed by atoms with E-state index in [0.29, 0.717) is 5.56 Å². The minimum Gasteiger partial charge on any atom is -0.308 e. The van der Waals surface area contributed by atoms with E-state index >= 15 is 0 Å². The van der Waals surface area contributed by atoms with Gasteiger partial charge >= 0.3 is 6.18 Å². The Hall–Kier alpha value is -1.03. The standard InChI is InChI=1S/C10H9ClF3N/c11-6-9(15)5-7-2-1-3-8(4-7)10(12,13)14/h1-4,15H,5-6H2. The van der Waals surface area contributed by atoms with Crippen LogP contribution >= 0.6 is 11.6 Å². The maximum absolute atomic E-state index is 12.3. The topological polar surface area (TPSA) is 23.9 Å². The summed E-state index contributed by atoms with van der Waals surface area (Å²) in [7, 11) is 0. The second-order valence-corrected chi connectivity index (χ2v) is 3.38. The molecule has 0 aliphatic carbocycles. The molecule has 0 fully saturated rings. The van der Waals surface area contributed by atoms with E-state index in [4.69, 9.17) is 17.0 Å². The third-order valence-electron chi connectivity index (χ3n) is 1.83. The molecule has 0 bridgehead atoms. The Morgan fingerprint density at radius 2 is 2.00 bits per heavy atom. The van der Waals surface area contributed by atoms with Crippen LogP contribution in [-0.2, 0) is 12.6 Å². The summed E-state index contributed by atoms with van der Waals surface area (Å²) in [6.45, 7) is 0. The van der Waals surface area contributed by atoms with Gasteiger partial charge in [0.05, 0.1) is 11.4 Å². The van der Waals surface area contributed by atoms with E-state index in [1.54, 1.807) is 6.07 Å². The summed E-state index contributed by atoms with van der Waals surface area (Å²) in [5.41, 5.74) is -0.0335. The van der Waals surface area contributed by atoms with Crippen LogP contribution in [0.25, 0.3) is 0 Å². The van der Waals surface area contributed by atoms with E-state index in [2.05, 4.69) is 0 Å². The quantitative estimate of drug-likeness (QED) is 0.612. The molecule has 0 spiro atoms. The lowest BCUT2D eigenvalue weighted by atomic mass is 10.1. The molecule has 1 N–H and O–H groups in total. The highest BCUT2D eigenvalue weighted by Gasteiger charge is 2.30. The highest BCUT2D eigenvalue weighted by atomic mass is 35.5. The highest BCUT2D eigenvalue weighted by Crippen LogP contribution is 2.29. The zero-order valence-electron chi connectivity index (χ0n) is 7.74. The van der Waals surface area contributed by atoms with Crippen LogP contribution in [0.3, 0.4) is 0 Å². The van der Waals surface area contributed by atoms with E-state index in [-0.39, 0.29) is 18.0 Å². The van der Waals surface area contributed by atoms with Crippen LogP contribution in [0.4, 0.5) is 13.2 Å². The largest absolute Gasteiger partial charge is 0.416 e. The Kier molecular flexibility index (Phi) is 3.74. The first-order valence-electron chi connectivity index (χ1n) is 4.22. The van der Waals surface area contributed by atoms with Crippen LogP contribution in [0, 0.1) is 5.41 Å². The van der Waals surface area contributed by atoms with Crippen molar-refractivity contribution < 1.29 is 13.2 Å². The van der Waals surface area contributed by atoms with Crippen LogP contribution in [0.1, 0.15) is 11.1 Å². The molecule has 0 saturated heterocycles. The summed E-state index contributed by atoms with van der Waals surface area (Å²) in [6.07, 6.45) is -4.17. The van der Waals surface area contributed by atoms with Crippen molar-refractivity contribution in [2.24, 2.45) is 0 Å². The van der Waals surface area contributed by atoms with Crippen LogP contribution in [0.2, 0.25) is 0 Å². The molecule has 1 aromatic carbocycles. The minimum absolute atomic E-state index is 0.0379. The average molecular weight is 236 g/mol. The Morgan fingerprint density at radius 3 is 2.53 bits per heavy atom. The third kappa shape index (κ3) is 3.55. The highest BCUT2D eigenvalue weighted by molar-refractivity contribution is 6.28. The average Bonchev–Trinajstić information content (AvgIpc) is 2.17. The molecule has 0 unspecified atom stereocenters. The van der Waals surface area contributed by atoms with Crippen molar-refractivity contribution in [3.05, 3.63) is 35.4 Å². The molecule has 15 heavy (non-hydrogen) atoms. The van der Waals surface area contributed by atoms with Crippen molar-refractivity contribution in [2.45, 2.75) is 12.6 Å². The number of alkyl halides is 4. The van der Waals surface area contributed by atoms with Crippen LogP contribution in [0.15, 0.2) is 24.3 Å². The Bertz CT molecular complexity index is 360. The fraction of sp³-hybridized carbons (Fsp3) is 0.300. The molecule has 0 heterocycles. The number of benzene rings is 1. The summed E-state index contributed by atoms with van der Waals surface area (Å²) >= 11 is 5.38. The second-order valence-electron chi connectivity index (χ2n) is 3.11. The van der Waals surface area contributed by atoms with E-state index in [1.807, 2.05) is 0 Å². The Balaban J connectivity index is 2.88. The molecule has 1 rings (SSSR count). The van der Waals surface area contributed by atoms with Crippen molar-refractivity contribution >= 4 is 17.3 Å². The van der Waals surface area contributed by atoms with Crippen molar-refractivity contribution in [3.63, 3.8) is 0 Å². The molecule has 0 radical (unpaired) electrons. The maximum atomic E-state index is 12.3. The summed E-state index contributed by atoms with van der Waals surface area (Å²) in [5.74, 6) is 0.0379. The fourth-order valence-electron chi connectivity index (χ4n) is 1.15. The number of hydrogen-bond acceptors (Lipinski definition) is 1. The molecule has 1 aromatic rings. The number of halogens is 4. The summed E-state index contributed by atoms with van der Waals surface area (Å²) in [5, 5.41) is 7.29. The van der Waals surface area contributed by atoms with Gasteiger partial charge in [-0.3, -0.25) is 0 Å². The zero-order chi connectivity index (χ0) is 11.5. The molecule has 5 heteroatoms. The number of hydrogen-bond donors (Lipinski definition) is 1. The summed E-state index contributed by atoms with van der Waals surface area (Å²) in [4.78, 5) is 0. The van der Waals surface area contributed by atoms with Gasteiger partial charge in [-0.2, -0.15) is 13.2 Å². The zero-order valence-corrected chi connectivity index (χ0v) is 8.49.